The van der Waals surface area contributed by atoms with Gasteiger partial charge in [0.25, 0.3) is 0 Å². The summed E-state index contributed by atoms with van der Waals surface area (Å²) < 4.78 is 52.3. The van der Waals surface area contributed by atoms with Crippen LogP contribution in [0.25, 0.3) is 10.8 Å². The highest BCUT2D eigenvalue weighted by Gasteiger charge is 2.08. The highest BCUT2D eigenvalue weighted by atomic mass is 79.9. The Labute approximate surface area is 209 Å². The molecule has 0 N–H and O–H groups in total. The summed E-state index contributed by atoms with van der Waals surface area (Å²) in [6, 6.07) is 8.88. The molecule has 1 atom stereocenters. The number of hydrogen-bond donors (Lipinski definition) is 0. The second-order valence-corrected chi connectivity index (χ2v) is 7.31. The van der Waals surface area contributed by atoms with Gasteiger partial charge >= 0.3 is 0 Å². The normalized spacial score (nSPS) is 13.2. The Hall–Kier alpha value is -2.47. The zero-order valence-electron chi connectivity index (χ0n) is 20.9. The molecule has 0 spiro atoms. The molecule has 0 saturated carbocycles. The van der Waals surface area contributed by atoms with Gasteiger partial charge in [-0.2, -0.15) is 0 Å². The number of fused-ring (bicyclic) bond motifs is 1. The summed E-state index contributed by atoms with van der Waals surface area (Å²) in [6.07, 6.45) is 6.70. The van der Waals surface area contributed by atoms with Crippen molar-refractivity contribution < 1.29 is 17.6 Å². The Morgan fingerprint density at radius 2 is 1.50 bits per heavy atom. The molecule has 0 radical (unpaired) electrons. The van der Waals surface area contributed by atoms with Crippen molar-refractivity contribution in [3.05, 3.63) is 99.8 Å². The van der Waals surface area contributed by atoms with Gasteiger partial charge in [0.05, 0.1) is 4.47 Å². The van der Waals surface area contributed by atoms with E-state index in [1.54, 1.807) is 24.3 Å². The first-order valence-electron chi connectivity index (χ1n) is 11.6. The molecular weight excluding hydrogens is 506 g/mol. The van der Waals surface area contributed by atoms with E-state index in [1.807, 2.05) is 54.5 Å². The smallest absolute Gasteiger partial charge is 0.159 e. The molecule has 186 valence electrons. The molecule has 0 fully saturated rings. The molecule has 1 heterocycles. The van der Waals surface area contributed by atoms with Gasteiger partial charge in [0.15, 0.2) is 11.6 Å². The van der Waals surface area contributed by atoms with Crippen LogP contribution in [0.15, 0.2) is 71.1 Å². The molecule has 1 aliphatic rings. The average Bonchev–Trinajstić information content (AvgIpc) is 3.25. The standard InChI is InChI=1S/C16H9BrF3N.C6H7F.3C2H6/c17-13-3-2-10-7-11(21-8-12(10)16(13)20)5-9-1-4-14(18)15(19)6-9;1-5-2-3-6(7)4-5;3*1-2/h1-4,6-8H,5H2;2-5H,1H3;3*1-2H3. The Balaban J connectivity index is 0.000000700. The highest BCUT2D eigenvalue weighted by molar-refractivity contribution is 9.10. The van der Waals surface area contributed by atoms with Gasteiger partial charge in [0.2, 0.25) is 0 Å². The van der Waals surface area contributed by atoms with Crippen LogP contribution in [0.3, 0.4) is 0 Å². The summed E-state index contributed by atoms with van der Waals surface area (Å²) in [5, 5.41) is 1.13. The predicted octanol–water partition coefficient (Wildman–Crippen LogP) is 10.1. The van der Waals surface area contributed by atoms with E-state index in [0.29, 0.717) is 38.8 Å². The maximum absolute atomic E-state index is 13.9. The fourth-order valence-electron chi connectivity index (χ4n) is 2.76. The SMILES string of the molecule is CC.CC.CC.CC1C=CC(F)=C1.Fc1ccc(Cc2cc3ccc(Br)c(F)c3cn2)cc1F. The van der Waals surface area contributed by atoms with Crippen LogP contribution < -0.4 is 0 Å². The number of allylic oxidation sites excluding steroid dienone is 4. The van der Waals surface area contributed by atoms with Crippen LogP contribution in [0.2, 0.25) is 0 Å². The summed E-state index contributed by atoms with van der Waals surface area (Å²) in [5.41, 5.74) is 1.27. The third-order valence-electron chi connectivity index (χ3n) is 4.20. The first-order chi connectivity index (χ1) is 16.3. The lowest BCUT2D eigenvalue weighted by Crippen LogP contribution is -1.95. The van der Waals surface area contributed by atoms with Gasteiger partial charge < -0.3 is 0 Å². The van der Waals surface area contributed by atoms with Crippen LogP contribution in [0, 0.1) is 23.4 Å². The predicted molar refractivity (Wildman–Crippen MR) is 140 cm³/mol. The van der Waals surface area contributed by atoms with Crippen molar-refractivity contribution in [2.24, 2.45) is 5.92 Å². The van der Waals surface area contributed by atoms with E-state index in [9.17, 15) is 17.6 Å². The first-order valence-corrected chi connectivity index (χ1v) is 12.3. The lowest BCUT2D eigenvalue weighted by molar-refractivity contribution is 0.507. The van der Waals surface area contributed by atoms with Crippen LogP contribution >= 0.6 is 15.9 Å². The van der Waals surface area contributed by atoms with Crippen molar-refractivity contribution in [1.82, 2.24) is 4.98 Å². The molecule has 34 heavy (non-hydrogen) atoms. The minimum atomic E-state index is -0.886. The summed E-state index contributed by atoms with van der Waals surface area (Å²) in [6.45, 7) is 13.9. The molecule has 0 amide bonds. The van der Waals surface area contributed by atoms with Gasteiger partial charge in [0, 0.05) is 23.7 Å². The van der Waals surface area contributed by atoms with E-state index in [1.165, 1.54) is 18.3 Å². The van der Waals surface area contributed by atoms with Crippen molar-refractivity contribution in [3.63, 3.8) is 0 Å². The number of pyridine rings is 1. The lowest BCUT2D eigenvalue weighted by Gasteiger charge is -2.05. The second-order valence-electron chi connectivity index (χ2n) is 6.45. The molecule has 0 aliphatic heterocycles. The maximum Gasteiger partial charge on any atom is 0.159 e. The van der Waals surface area contributed by atoms with E-state index >= 15 is 0 Å². The van der Waals surface area contributed by atoms with Crippen molar-refractivity contribution in [2.45, 2.75) is 54.9 Å². The Kier molecular flexibility index (Phi) is 15.8. The van der Waals surface area contributed by atoms with Crippen LogP contribution in [-0.2, 0) is 6.42 Å². The van der Waals surface area contributed by atoms with Crippen molar-refractivity contribution in [3.8, 4) is 0 Å². The van der Waals surface area contributed by atoms with Crippen LogP contribution in [-0.4, -0.2) is 4.98 Å². The summed E-state index contributed by atoms with van der Waals surface area (Å²) >= 11 is 3.12. The van der Waals surface area contributed by atoms with E-state index < -0.39 is 11.6 Å². The number of hydrogen-bond acceptors (Lipinski definition) is 1. The molecule has 3 aromatic rings. The summed E-state index contributed by atoms with van der Waals surface area (Å²) in [5.74, 6) is -1.92. The largest absolute Gasteiger partial charge is 0.260 e. The monoisotopic (exact) mass is 539 g/mol. The van der Waals surface area contributed by atoms with E-state index in [4.69, 9.17) is 0 Å². The molecule has 1 nitrogen and oxygen atoms in total. The van der Waals surface area contributed by atoms with E-state index in [2.05, 4.69) is 20.9 Å². The minimum absolute atomic E-state index is 0.104. The quantitative estimate of drug-likeness (QED) is 0.295. The van der Waals surface area contributed by atoms with E-state index in [0.717, 1.165) is 12.1 Å². The van der Waals surface area contributed by atoms with Crippen molar-refractivity contribution in [1.29, 1.82) is 0 Å². The fraction of sp³-hybridized carbons (Fsp3) is 0.321. The Morgan fingerprint density at radius 1 is 0.853 bits per heavy atom. The summed E-state index contributed by atoms with van der Waals surface area (Å²) in [7, 11) is 0. The van der Waals surface area contributed by atoms with Gasteiger partial charge in [-0.1, -0.05) is 66.7 Å². The third-order valence-corrected chi connectivity index (χ3v) is 4.81. The third kappa shape index (κ3) is 9.80. The molecular formula is C28H34BrF4N. The molecule has 6 heteroatoms. The molecule has 4 rings (SSSR count). The average molecular weight is 540 g/mol. The number of halogens is 5. The second kappa shape index (κ2) is 17.0. The summed E-state index contributed by atoms with van der Waals surface area (Å²) in [4.78, 5) is 4.18. The fourth-order valence-corrected chi connectivity index (χ4v) is 3.11. The van der Waals surface area contributed by atoms with Gasteiger partial charge in [-0.25, -0.2) is 17.6 Å². The Bertz CT molecular complexity index is 1080. The molecule has 0 bridgehead atoms. The first kappa shape index (κ1) is 31.5. The van der Waals surface area contributed by atoms with Gasteiger partial charge in [-0.05, 0) is 69.2 Å². The molecule has 2 aromatic carbocycles. The number of benzene rings is 2. The maximum atomic E-state index is 13.9. The van der Waals surface area contributed by atoms with E-state index in [-0.39, 0.29) is 11.6 Å². The molecule has 1 aliphatic carbocycles. The number of nitrogens with zero attached hydrogens (tertiary/aromatic N) is 1. The van der Waals surface area contributed by atoms with Crippen molar-refractivity contribution in [2.75, 3.05) is 0 Å². The number of rotatable bonds is 2. The molecule has 1 unspecified atom stereocenters. The van der Waals surface area contributed by atoms with Gasteiger partial charge in [-0.3, -0.25) is 4.98 Å². The topological polar surface area (TPSA) is 12.9 Å². The minimum Gasteiger partial charge on any atom is -0.260 e. The van der Waals surface area contributed by atoms with Crippen LogP contribution in [0.1, 0.15) is 59.7 Å². The van der Waals surface area contributed by atoms with Gasteiger partial charge in [-0.15, -0.1) is 0 Å². The molecule has 0 saturated heterocycles. The van der Waals surface area contributed by atoms with Crippen LogP contribution in [0.4, 0.5) is 17.6 Å². The van der Waals surface area contributed by atoms with Crippen molar-refractivity contribution >= 4 is 26.7 Å². The zero-order chi connectivity index (χ0) is 26.3. The van der Waals surface area contributed by atoms with Crippen LogP contribution in [0.5, 0.6) is 0 Å². The zero-order valence-corrected chi connectivity index (χ0v) is 22.5. The Morgan fingerprint density at radius 3 is 2.00 bits per heavy atom. The highest BCUT2D eigenvalue weighted by Crippen LogP contribution is 2.25. The molecule has 1 aromatic heterocycles. The lowest BCUT2D eigenvalue weighted by atomic mass is 10.1. The van der Waals surface area contributed by atoms with Gasteiger partial charge in [0.1, 0.15) is 11.6 Å². The number of aromatic nitrogens is 1.